The first-order valence-corrected chi connectivity index (χ1v) is 8.67. The summed E-state index contributed by atoms with van der Waals surface area (Å²) in [6, 6.07) is 5.97. The minimum Gasteiger partial charge on any atom is -0.349 e. The van der Waals surface area contributed by atoms with E-state index in [1.807, 2.05) is 43.2 Å². The van der Waals surface area contributed by atoms with Crippen LogP contribution in [0.5, 0.6) is 0 Å². The van der Waals surface area contributed by atoms with Crippen molar-refractivity contribution >= 4 is 29.3 Å². The molecule has 1 aromatic heterocycles. The summed E-state index contributed by atoms with van der Waals surface area (Å²) in [5.74, 6) is 1.09. The van der Waals surface area contributed by atoms with Crippen molar-refractivity contribution in [2.45, 2.75) is 30.2 Å². The van der Waals surface area contributed by atoms with Gasteiger partial charge in [-0.1, -0.05) is 11.6 Å². The average Bonchev–Trinajstić information content (AvgIpc) is 2.91. The number of rotatable bonds is 4. The monoisotopic (exact) mass is 335 g/mol. The Hall–Kier alpha value is -1.46. The molecule has 2 heterocycles. The molecule has 1 atom stereocenters. The van der Waals surface area contributed by atoms with E-state index in [1.54, 1.807) is 10.9 Å². The summed E-state index contributed by atoms with van der Waals surface area (Å²) in [7, 11) is 1.88. The first kappa shape index (κ1) is 15.4. The number of amides is 1. The Morgan fingerprint density at radius 1 is 1.55 bits per heavy atom. The van der Waals surface area contributed by atoms with Gasteiger partial charge in [0.2, 0.25) is 5.91 Å². The summed E-state index contributed by atoms with van der Waals surface area (Å²) < 4.78 is 1.75. The molecule has 2 aromatic rings. The first-order chi connectivity index (χ1) is 10.6. The van der Waals surface area contributed by atoms with Gasteiger partial charge < -0.3 is 5.32 Å². The minimum atomic E-state index is 0.0661. The predicted octanol–water partition coefficient (Wildman–Crippen LogP) is 3.36. The second-order valence-corrected chi connectivity index (χ2v) is 7.03. The molecule has 6 heteroatoms. The summed E-state index contributed by atoms with van der Waals surface area (Å²) in [4.78, 5) is 13.4. The Labute approximate surface area is 139 Å². The van der Waals surface area contributed by atoms with E-state index >= 15 is 0 Å². The molecule has 4 nitrogen and oxygen atoms in total. The van der Waals surface area contributed by atoms with Crippen molar-refractivity contribution < 1.29 is 4.79 Å². The summed E-state index contributed by atoms with van der Waals surface area (Å²) in [5, 5.41) is 7.98. The number of halogens is 1. The van der Waals surface area contributed by atoms with Crippen LogP contribution in [0.3, 0.4) is 0 Å². The van der Waals surface area contributed by atoms with Gasteiger partial charge in [0, 0.05) is 35.3 Å². The molecule has 1 aromatic carbocycles. The van der Waals surface area contributed by atoms with Crippen LogP contribution in [0.15, 0.2) is 35.5 Å². The van der Waals surface area contributed by atoms with Gasteiger partial charge in [0.1, 0.15) is 0 Å². The van der Waals surface area contributed by atoms with Gasteiger partial charge in [-0.2, -0.15) is 5.10 Å². The van der Waals surface area contributed by atoms with E-state index in [-0.39, 0.29) is 11.9 Å². The molecular formula is C16H18ClN3OS. The molecular weight excluding hydrogens is 318 g/mol. The number of carbonyl (C=O) groups is 1. The van der Waals surface area contributed by atoms with Crippen molar-refractivity contribution in [1.82, 2.24) is 15.1 Å². The van der Waals surface area contributed by atoms with Gasteiger partial charge in [0.05, 0.1) is 12.2 Å². The number of fused-ring (bicyclic) bond motifs is 1. The number of hydrogen-bond donors (Lipinski definition) is 1. The number of carbonyl (C=O) groups excluding carboxylic acids is 1. The number of aromatic nitrogens is 2. The quantitative estimate of drug-likeness (QED) is 0.932. The average molecular weight is 336 g/mol. The molecule has 0 fully saturated rings. The van der Waals surface area contributed by atoms with E-state index in [4.69, 9.17) is 11.6 Å². The molecule has 0 radical (unpaired) electrons. The molecule has 0 saturated carbocycles. The number of thioether (sulfide) groups is 1. The van der Waals surface area contributed by atoms with Crippen LogP contribution < -0.4 is 5.32 Å². The number of aryl methyl sites for hydroxylation is 2. The highest BCUT2D eigenvalue weighted by Crippen LogP contribution is 2.37. The number of nitrogens with one attached hydrogen (secondary N) is 1. The van der Waals surface area contributed by atoms with Crippen molar-refractivity contribution in [1.29, 1.82) is 0 Å². The van der Waals surface area contributed by atoms with Crippen LogP contribution in [0.25, 0.3) is 0 Å². The van der Waals surface area contributed by atoms with E-state index < -0.39 is 0 Å². The van der Waals surface area contributed by atoms with Crippen molar-refractivity contribution in [3.05, 3.63) is 46.7 Å². The highest BCUT2D eigenvalue weighted by molar-refractivity contribution is 7.99. The molecule has 22 heavy (non-hydrogen) atoms. The third-order valence-electron chi connectivity index (χ3n) is 3.75. The number of hydrogen-bond acceptors (Lipinski definition) is 3. The third kappa shape index (κ3) is 3.65. The molecule has 1 amide bonds. The Morgan fingerprint density at radius 2 is 2.41 bits per heavy atom. The zero-order valence-electron chi connectivity index (χ0n) is 12.4. The Bertz CT molecular complexity index is 686. The second kappa shape index (κ2) is 6.75. The van der Waals surface area contributed by atoms with Crippen LogP contribution in [0, 0.1) is 0 Å². The molecule has 1 aliphatic rings. The topological polar surface area (TPSA) is 46.9 Å². The molecule has 0 bridgehead atoms. The van der Waals surface area contributed by atoms with Gasteiger partial charge in [0.15, 0.2) is 0 Å². The second-order valence-electron chi connectivity index (χ2n) is 5.46. The molecule has 0 spiro atoms. The molecule has 0 aliphatic carbocycles. The van der Waals surface area contributed by atoms with E-state index in [0.29, 0.717) is 12.8 Å². The lowest BCUT2D eigenvalue weighted by Gasteiger charge is -2.26. The summed E-state index contributed by atoms with van der Waals surface area (Å²) in [5.41, 5.74) is 2.22. The maximum Gasteiger partial charge on any atom is 0.220 e. The maximum absolute atomic E-state index is 12.2. The van der Waals surface area contributed by atoms with Crippen molar-refractivity contribution in [2.24, 2.45) is 7.05 Å². The van der Waals surface area contributed by atoms with Crippen molar-refractivity contribution in [2.75, 3.05) is 5.75 Å². The zero-order chi connectivity index (χ0) is 15.5. The fourth-order valence-corrected chi connectivity index (χ4v) is 3.93. The lowest BCUT2D eigenvalue weighted by Crippen LogP contribution is -2.30. The van der Waals surface area contributed by atoms with Gasteiger partial charge in [-0.15, -0.1) is 11.8 Å². The number of nitrogens with zero attached hydrogens (tertiary/aromatic N) is 2. The lowest BCUT2D eigenvalue weighted by atomic mass is 10.0. The van der Waals surface area contributed by atoms with Crippen LogP contribution >= 0.6 is 23.4 Å². The van der Waals surface area contributed by atoms with Crippen LogP contribution in [0.4, 0.5) is 0 Å². The highest BCUT2D eigenvalue weighted by atomic mass is 35.5. The third-order valence-corrected chi connectivity index (χ3v) is 5.10. The predicted molar refractivity (Wildman–Crippen MR) is 89.2 cm³/mol. The smallest absolute Gasteiger partial charge is 0.220 e. The van der Waals surface area contributed by atoms with Crippen LogP contribution in [-0.2, 0) is 18.3 Å². The van der Waals surface area contributed by atoms with Gasteiger partial charge in [-0.25, -0.2) is 0 Å². The molecule has 1 N–H and O–H groups in total. The number of benzene rings is 1. The normalized spacial score (nSPS) is 17.1. The fourth-order valence-electron chi connectivity index (χ4n) is 2.64. The SMILES string of the molecule is Cn1cc(CCC(=O)N[C@H]2CCSc3ccc(Cl)cc32)cn1. The van der Waals surface area contributed by atoms with E-state index in [2.05, 4.69) is 10.4 Å². The molecule has 1 aliphatic heterocycles. The van der Waals surface area contributed by atoms with Crippen molar-refractivity contribution in [3.8, 4) is 0 Å². The summed E-state index contributed by atoms with van der Waals surface area (Å²) in [6.07, 6.45) is 5.88. The molecule has 3 rings (SSSR count). The van der Waals surface area contributed by atoms with E-state index in [9.17, 15) is 4.79 Å². The minimum absolute atomic E-state index is 0.0661. The zero-order valence-corrected chi connectivity index (χ0v) is 14.0. The van der Waals surface area contributed by atoms with Gasteiger partial charge >= 0.3 is 0 Å². The Morgan fingerprint density at radius 3 is 3.18 bits per heavy atom. The maximum atomic E-state index is 12.2. The van der Waals surface area contributed by atoms with Crippen LogP contribution in [-0.4, -0.2) is 21.4 Å². The standard InChI is InChI=1S/C16H18ClN3OS/c1-20-10-11(9-18-20)2-5-16(21)19-14-6-7-22-15-4-3-12(17)8-13(14)15/h3-4,8-10,14H,2,5-7H2,1H3,(H,19,21)/t14-/m0/s1. The lowest BCUT2D eigenvalue weighted by molar-refractivity contribution is -0.121. The highest BCUT2D eigenvalue weighted by Gasteiger charge is 2.22. The van der Waals surface area contributed by atoms with Crippen LogP contribution in [0.1, 0.15) is 30.0 Å². The summed E-state index contributed by atoms with van der Waals surface area (Å²) in [6.45, 7) is 0. The Balaban J connectivity index is 1.61. The van der Waals surface area contributed by atoms with Crippen molar-refractivity contribution in [3.63, 3.8) is 0 Å². The van der Waals surface area contributed by atoms with Crippen LogP contribution in [0.2, 0.25) is 5.02 Å². The molecule has 0 unspecified atom stereocenters. The summed E-state index contributed by atoms with van der Waals surface area (Å²) >= 11 is 7.91. The van der Waals surface area contributed by atoms with Gasteiger partial charge in [0.25, 0.3) is 0 Å². The Kier molecular flexibility index (Phi) is 4.74. The fraction of sp³-hybridized carbons (Fsp3) is 0.375. The van der Waals surface area contributed by atoms with Gasteiger partial charge in [-0.3, -0.25) is 9.48 Å². The first-order valence-electron chi connectivity index (χ1n) is 7.31. The largest absolute Gasteiger partial charge is 0.349 e. The van der Waals surface area contributed by atoms with E-state index in [1.165, 1.54) is 4.90 Å². The van der Waals surface area contributed by atoms with E-state index in [0.717, 1.165) is 28.3 Å². The molecule has 0 saturated heterocycles. The molecule has 116 valence electrons. The van der Waals surface area contributed by atoms with Gasteiger partial charge in [-0.05, 0) is 42.2 Å².